The number of anilines is 1. The molecule has 6 heteroatoms. The highest BCUT2D eigenvalue weighted by Crippen LogP contribution is 2.33. The minimum atomic E-state index is -1.02. The predicted molar refractivity (Wildman–Crippen MR) is 74.8 cm³/mol. The minimum absolute atomic E-state index is 0.0180. The van der Waals surface area contributed by atoms with E-state index in [1.807, 2.05) is 0 Å². The Hall–Kier alpha value is -1.14. The maximum absolute atomic E-state index is 11.0. The summed E-state index contributed by atoms with van der Waals surface area (Å²) in [6.45, 7) is 6.89. The van der Waals surface area contributed by atoms with Crippen molar-refractivity contribution < 1.29 is 10.0 Å². The Morgan fingerprint density at radius 2 is 1.89 bits per heavy atom. The average Bonchev–Trinajstić information content (AvgIpc) is 2.14. The van der Waals surface area contributed by atoms with Crippen LogP contribution in [0.5, 0.6) is 0 Å². The quantitative estimate of drug-likeness (QED) is 0.660. The van der Waals surface area contributed by atoms with Crippen molar-refractivity contribution in [2.75, 3.05) is 5.32 Å². The van der Waals surface area contributed by atoms with Gasteiger partial charge in [-0.05, 0) is 39.8 Å². The van der Waals surface area contributed by atoms with Gasteiger partial charge in [0.15, 0.2) is 0 Å². The molecule has 0 saturated heterocycles. The molecule has 0 fully saturated rings. The van der Waals surface area contributed by atoms with Crippen LogP contribution in [0.15, 0.2) is 22.7 Å². The molecule has 0 aromatic heterocycles. The molecule has 0 amide bonds. The second-order valence-electron chi connectivity index (χ2n) is 5.23. The van der Waals surface area contributed by atoms with E-state index < -0.39 is 16.1 Å². The first kappa shape index (κ1) is 14.9. The first-order chi connectivity index (χ1) is 8.04. The van der Waals surface area contributed by atoms with Crippen molar-refractivity contribution in [3.8, 4) is 0 Å². The summed E-state index contributed by atoms with van der Waals surface area (Å²) in [6.07, 6.45) is 0. The van der Waals surface area contributed by atoms with E-state index in [2.05, 4.69) is 21.2 Å². The molecule has 5 nitrogen and oxygen atoms in total. The number of rotatable bonds is 4. The maximum atomic E-state index is 11.0. The molecular weight excluding hydrogens is 300 g/mol. The third-order valence-electron chi connectivity index (χ3n) is 3.13. The number of aliphatic hydroxyl groups is 1. The Bertz CT molecular complexity index is 467. The van der Waals surface area contributed by atoms with Crippen molar-refractivity contribution in [2.45, 2.75) is 38.8 Å². The van der Waals surface area contributed by atoms with E-state index in [1.54, 1.807) is 39.8 Å². The second-order valence-corrected chi connectivity index (χ2v) is 6.14. The minimum Gasteiger partial charge on any atom is -0.388 e. The molecule has 0 atom stereocenters. The summed E-state index contributed by atoms with van der Waals surface area (Å²) in [6, 6.07) is 4.67. The van der Waals surface area contributed by atoms with Crippen molar-refractivity contribution in [1.82, 2.24) is 0 Å². The first-order valence-electron chi connectivity index (χ1n) is 5.49. The van der Waals surface area contributed by atoms with Gasteiger partial charge in [0.25, 0.3) is 5.69 Å². The molecule has 100 valence electrons. The zero-order valence-electron chi connectivity index (χ0n) is 10.8. The van der Waals surface area contributed by atoms with Crippen molar-refractivity contribution in [3.63, 3.8) is 0 Å². The van der Waals surface area contributed by atoms with Crippen LogP contribution in [0, 0.1) is 10.1 Å². The van der Waals surface area contributed by atoms with E-state index in [0.717, 1.165) is 4.47 Å². The van der Waals surface area contributed by atoms with Gasteiger partial charge in [0.05, 0.1) is 16.1 Å². The summed E-state index contributed by atoms with van der Waals surface area (Å²) in [4.78, 5) is 10.5. The summed E-state index contributed by atoms with van der Waals surface area (Å²) < 4.78 is 0.738. The third kappa shape index (κ3) is 3.20. The predicted octanol–water partition coefficient (Wildman–Crippen LogP) is 3.32. The zero-order chi connectivity index (χ0) is 14.1. The number of nitro benzene ring substituents is 1. The standard InChI is InChI=1S/C12H17BrN2O3/c1-11(2,12(3,4)16)14-9-7-8(13)5-6-10(9)15(17)18/h5-7,14,16H,1-4H3. The van der Waals surface area contributed by atoms with Crippen molar-refractivity contribution in [1.29, 1.82) is 0 Å². The van der Waals surface area contributed by atoms with Gasteiger partial charge in [-0.2, -0.15) is 0 Å². The highest BCUT2D eigenvalue weighted by atomic mass is 79.9. The lowest BCUT2D eigenvalue weighted by atomic mass is 9.85. The Kier molecular flexibility index (Phi) is 4.02. The lowest BCUT2D eigenvalue weighted by molar-refractivity contribution is -0.384. The van der Waals surface area contributed by atoms with Gasteiger partial charge in [-0.25, -0.2) is 0 Å². The van der Waals surface area contributed by atoms with Gasteiger partial charge < -0.3 is 10.4 Å². The molecule has 18 heavy (non-hydrogen) atoms. The largest absolute Gasteiger partial charge is 0.388 e. The van der Waals surface area contributed by atoms with E-state index >= 15 is 0 Å². The molecule has 1 aromatic rings. The highest BCUT2D eigenvalue weighted by molar-refractivity contribution is 9.10. The number of nitrogens with zero attached hydrogens (tertiary/aromatic N) is 1. The molecule has 1 aromatic carbocycles. The maximum Gasteiger partial charge on any atom is 0.292 e. The van der Waals surface area contributed by atoms with Gasteiger partial charge in [0, 0.05) is 10.5 Å². The summed E-state index contributed by atoms with van der Waals surface area (Å²) in [5.41, 5.74) is -1.38. The molecule has 0 bridgehead atoms. The summed E-state index contributed by atoms with van der Waals surface area (Å²) in [5.74, 6) is 0. The monoisotopic (exact) mass is 316 g/mol. The van der Waals surface area contributed by atoms with Crippen LogP contribution < -0.4 is 5.32 Å². The van der Waals surface area contributed by atoms with Gasteiger partial charge in [0.2, 0.25) is 0 Å². The normalized spacial score (nSPS) is 12.3. The molecule has 0 heterocycles. The number of nitro groups is 1. The van der Waals surface area contributed by atoms with E-state index in [9.17, 15) is 15.2 Å². The van der Waals surface area contributed by atoms with Crippen molar-refractivity contribution >= 4 is 27.3 Å². The summed E-state index contributed by atoms with van der Waals surface area (Å²) in [5, 5.41) is 24.0. The number of nitrogens with one attached hydrogen (secondary N) is 1. The smallest absolute Gasteiger partial charge is 0.292 e. The molecule has 0 aliphatic carbocycles. The highest BCUT2D eigenvalue weighted by Gasteiger charge is 2.36. The molecular formula is C12H17BrN2O3. The molecule has 2 N–H and O–H groups in total. The van der Waals surface area contributed by atoms with Crippen LogP contribution in [0.1, 0.15) is 27.7 Å². The van der Waals surface area contributed by atoms with Crippen LogP contribution >= 0.6 is 15.9 Å². The van der Waals surface area contributed by atoms with Gasteiger partial charge in [-0.1, -0.05) is 15.9 Å². The van der Waals surface area contributed by atoms with Crippen molar-refractivity contribution in [2.24, 2.45) is 0 Å². The average molecular weight is 317 g/mol. The van der Waals surface area contributed by atoms with Crippen LogP contribution in [-0.2, 0) is 0 Å². The molecule has 0 saturated carbocycles. The van der Waals surface area contributed by atoms with Crippen LogP contribution in [0.4, 0.5) is 11.4 Å². The van der Waals surface area contributed by atoms with Crippen LogP contribution in [-0.4, -0.2) is 21.2 Å². The van der Waals surface area contributed by atoms with Gasteiger partial charge in [0.1, 0.15) is 5.69 Å². The molecule has 0 radical (unpaired) electrons. The fourth-order valence-corrected chi connectivity index (χ4v) is 1.62. The lowest BCUT2D eigenvalue weighted by Crippen LogP contribution is -2.51. The first-order valence-corrected chi connectivity index (χ1v) is 6.28. The SMILES string of the molecule is CC(C)(O)C(C)(C)Nc1cc(Br)ccc1[N+](=O)[O-]. The van der Waals surface area contributed by atoms with Gasteiger partial charge in [-0.3, -0.25) is 10.1 Å². The van der Waals surface area contributed by atoms with E-state index in [1.165, 1.54) is 6.07 Å². The summed E-state index contributed by atoms with van der Waals surface area (Å²) in [7, 11) is 0. The van der Waals surface area contributed by atoms with Crippen LogP contribution in [0.3, 0.4) is 0 Å². The number of halogens is 1. The second kappa shape index (κ2) is 4.85. The topological polar surface area (TPSA) is 75.4 Å². The number of benzene rings is 1. The summed E-state index contributed by atoms with van der Waals surface area (Å²) >= 11 is 3.28. The number of hydrogen-bond donors (Lipinski definition) is 2. The van der Waals surface area contributed by atoms with Crippen LogP contribution in [0.25, 0.3) is 0 Å². The molecule has 0 aliphatic heterocycles. The molecule has 0 unspecified atom stereocenters. The zero-order valence-corrected chi connectivity index (χ0v) is 12.4. The van der Waals surface area contributed by atoms with Gasteiger partial charge in [-0.15, -0.1) is 0 Å². The molecule has 1 rings (SSSR count). The Labute approximate surface area is 114 Å². The lowest BCUT2D eigenvalue weighted by Gasteiger charge is -2.38. The van der Waals surface area contributed by atoms with Gasteiger partial charge >= 0.3 is 0 Å². The van der Waals surface area contributed by atoms with E-state index in [4.69, 9.17) is 0 Å². The fourth-order valence-electron chi connectivity index (χ4n) is 1.26. The molecule has 0 aliphatic rings. The fraction of sp³-hybridized carbons (Fsp3) is 0.500. The van der Waals surface area contributed by atoms with Crippen molar-refractivity contribution in [3.05, 3.63) is 32.8 Å². The Morgan fingerprint density at radius 3 is 2.33 bits per heavy atom. The third-order valence-corrected chi connectivity index (χ3v) is 3.63. The van der Waals surface area contributed by atoms with E-state index in [-0.39, 0.29) is 5.69 Å². The Morgan fingerprint density at radius 1 is 1.33 bits per heavy atom. The van der Waals surface area contributed by atoms with E-state index in [0.29, 0.717) is 5.69 Å². The number of hydrogen-bond acceptors (Lipinski definition) is 4. The van der Waals surface area contributed by atoms with Crippen LogP contribution in [0.2, 0.25) is 0 Å². The Balaban J connectivity index is 3.18. The molecule has 0 spiro atoms.